The lowest BCUT2D eigenvalue weighted by atomic mass is 9.97. The van der Waals surface area contributed by atoms with Gasteiger partial charge in [0.05, 0.1) is 0 Å². The van der Waals surface area contributed by atoms with E-state index in [2.05, 4.69) is 30.1 Å². The number of carbonyl (C=O) groups is 1. The predicted molar refractivity (Wildman–Crippen MR) is 123 cm³/mol. The van der Waals surface area contributed by atoms with Crippen LogP contribution in [0.4, 0.5) is 8.78 Å². The minimum atomic E-state index is -4.16. The van der Waals surface area contributed by atoms with E-state index in [4.69, 9.17) is 0 Å². The largest absolute Gasteiger partial charge is 0.352 e. The molecule has 2 aromatic carbocycles. The summed E-state index contributed by atoms with van der Waals surface area (Å²) in [5, 5.41) is 2.99. The number of hydrogen-bond acceptors (Lipinski definition) is 4. The van der Waals surface area contributed by atoms with Crippen LogP contribution in [-0.4, -0.2) is 49.7 Å². The SMILES string of the molecule is CCN(CC)Cc1ccccc1CNC(=O)C1CCN(S(=O)(=O)c2cc(F)ccc2F)CC1. The third-order valence-corrected chi connectivity index (χ3v) is 8.11. The molecule has 1 N–H and O–H groups in total. The molecule has 1 heterocycles. The summed E-state index contributed by atoms with van der Waals surface area (Å²) in [6.45, 7) is 7.49. The third kappa shape index (κ3) is 6.16. The van der Waals surface area contributed by atoms with Crippen molar-refractivity contribution in [3.05, 3.63) is 65.2 Å². The zero-order valence-corrected chi connectivity index (χ0v) is 19.9. The fourth-order valence-electron chi connectivity index (χ4n) is 4.07. The lowest BCUT2D eigenvalue weighted by Gasteiger charge is -2.30. The fraction of sp³-hybridized carbons (Fsp3) is 0.458. The molecule has 0 radical (unpaired) electrons. The number of nitrogens with one attached hydrogen (secondary N) is 1. The van der Waals surface area contributed by atoms with Gasteiger partial charge in [0.15, 0.2) is 0 Å². The van der Waals surface area contributed by atoms with Crippen LogP contribution in [0, 0.1) is 17.6 Å². The number of sulfonamides is 1. The van der Waals surface area contributed by atoms with E-state index in [1.165, 1.54) is 5.56 Å². The van der Waals surface area contributed by atoms with Crippen molar-refractivity contribution < 1.29 is 22.0 Å². The predicted octanol–water partition coefficient (Wildman–Crippen LogP) is 3.52. The molecule has 1 saturated heterocycles. The maximum atomic E-state index is 14.0. The molecule has 1 aliphatic rings. The average Bonchev–Trinajstić information content (AvgIpc) is 2.83. The van der Waals surface area contributed by atoms with Crippen molar-refractivity contribution in [3.8, 4) is 0 Å². The van der Waals surface area contributed by atoms with Gasteiger partial charge in [-0.25, -0.2) is 17.2 Å². The number of halogens is 2. The quantitative estimate of drug-likeness (QED) is 0.598. The van der Waals surface area contributed by atoms with Crippen LogP contribution in [0.1, 0.15) is 37.8 Å². The van der Waals surface area contributed by atoms with Gasteiger partial charge in [0.2, 0.25) is 15.9 Å². The molecule has 180 valence electrons. The molecule has 1 aliphatic heterocycles. The number of piperidine rings is 1. The van der Waals surface area contributed by atoms with E-state index in [0.29, 0.717) is 25.5 Å². The monoisotopic (exact) mass is 479 g/mol. The van der Waals surface area contributed by atoms with Crippen LogP contribution in [-0.2, 0) is 27.9 Å². The molecule has 2 aromatic rings. The van der Waals surface area contributed by atoms with E-state index in [1.807, 2.05) is 18.2 Å². The summed E-state index contributed by atoms with van der Waals surface area (Å²) < 4.78 is 54.1. The molecule has 0 unspecified atom stereocenters. The highest BCUT2D eigenvalue weighted by molar-refractivity contribution is 7.89. The number of carbonyl (C=O) groups excluding carboxylic acids is 1. The van der Waals surface area contributed by atoms with Crippen LogP contribution in [0.15, 0.2) is 47.4 Å². The van der Waals surface area contributed by atoms with Gasteiger partial charge in [-0.3, -0.25) is 9.69 Å². The molecule has 0 aliphatic carbocycles. The minimum absolute atomic E-state index is 0.0783. The van der Waals surface area contributed by atoms with Crippen LogP contribution >= 0.6 is 0 Å². The maximum Gasteiger partial charge on any atom is 0.246 e. The molecular weight excluding hydrogens is 448 g/mol. The molecule has 0 spiro atoms. The summed E-state index contributed by atoms with van der Waals surface area (Å²) in [5.41, 5.74) is 2.22. The third-order valence-electron chi connectivity index (χ3n) is 6.20. The van der Waals surface area contributed by atoms with E-state index in [9.17, 15) is 22.0 Å². The highest BCUT2D eigenvalue weighted by atomic mass is 32.2. The highest BCUT2D eigenvalue weighted by Crippen LogP contribution is 2.26. The Bertz CT molecular complexity index is 1070. The van der Waals surface area contributed by atoms with Crippen molar-refractivity contribution in [2.75, 3.05) is 26.2 Å². The van der Waals surface area contributed by atoms with Crippen molar-refractivity contribution in [1.29, 1.82) is 0 Å². The van der Waals surface area contributed by atoms with Gasteiger partial charge in [-0.15, -0.1) is 0 Å². The van der Waals surface area contributed by atoms with Crippen LogP contribution in [0.25, 0.3) is 0 Å². The van der Waals surface area contributed by atoms with E-state index in [1.54, 1.807) is 0 Å². The van der Waals surface area contributed by atoms with E-state index >= 15 is 0 Å². The average molecular weight is 480 g/mol. The summed E-state index contributed by atoms with van der Waals surface area (Å²) in [6, 6.07) is 10.4. The summed E-state index contributed by atoms with van der Waals surface area (Å²) in [4.78, 5) is 14.4. The first kappa shape index (κ1) is 25.3. The van der Waals surface area contributed by atoms with E-state index < -0.39 is 26.6 Å². The lowest BCUT2D eigenvalue weighted by Crippen LogP contribution is -2.43. The van der Waals surface area contributed by atoms with Crippen LogP contribution < -0.4 is 5.32 Å². The Morgan fingerprint density at radius 3 is 2.33 bits per heavy atom. The second-order valence-corrected chi connectivity index (χ2v) is 10.1. The maximum absolute atomic E-state index is 14.0. The van der Waals surface area contributed by atoms with Crippen LogP contribution in [0.5, 0.6) is 0 Å². The number of benzene rings is 2. The topological polar surface area (TPSA) is 69.7 Å². The number of hydrogen-bond donors (Lipinski definition) is 1. The minimum Gasteiger partial charge on any atom is -0.352 e. The first-order valence-electron chi connectivity index (χ1n) is 11.3. The van der Waals surface area contributed by atoms with Crippen LogP contribution in [0.2, 0.25) is 0 Å². The highest BCUT2D eigenvalue weighted by Gasteiger charge is 2.33. The van der Waals surface area contributed by atoms with Crippen molar-refractivity contribution in [3.63, 3.8) is 0 Å². The molecular formula is C24H31F2N3O3S. The Morgan fingerprint density at radius 1 is 1.06 bits per heavy atom. The Balaban J connectivity index is 1.58. The molecule has 0 bridgehead atoms. The first-order valence-corrected chi connectivity index (χ1v) is 12.7. The molecule has 0 aromatic heterocycles. The molecule has 0 saturated carbocycles. The van der Waals surface area contributed by atoms with Gasteiger partial charge in [-0.2, -0.15) is 4.31 Å². The standard InChI is InChI=1S/C24H31F2N3O3S/c1-3-28(4-2)17-20-8-6-5-7-19(20)16-27-24(30)18-11-13-29(14-12-18)33(31,32)23-15-21(25)9-10-22(23)26/h5-10,15,18H,3-4,11-14,16-17H2,1-2H3,(H,27,30). The lowest BCUT2D eigenvalue weighted by molar-refractivity contribution is -0.126. The molecule has 6 nitrogen and oxygen atoms in total. The van der Waals surface area contributed by atoms with Crippen molar-refractivity contribution in [2.45, 2.75) is 44.7 Å². The number of amides is 1. The van der Waals surface area contributed by atoms with E-state index in [-0.39, 0.29) is 24.9 Å². The van der Waals surface area contributed by atoms with Gasteiger partial charge < -0.3 is 5.32 Å². The molecule has 9 heteroatoms. The smallest absolute Gasteiger partial charge is 0.246 e. The fourth-order valence-corrected chi connectivity index (χ4v) is 5.62. The summed E-state index contributed by atoms with van der Waals surface area (Å²) in [5.74, 6) is -2.25. The van der Waals surface area contributed by atoms with E-state index in [0.717, 1.165) is 41.6 Å². The zero-order valence-electron chi connectivity index (χ0n) is 19.1. The Kier molecular flexibility index (Phi) is 8.56. The molecule has 1 amide bonds. The molecule has 1 fully saturated rings. The summed E-state index contributed by atoms with van der Waals surface area (Å²) >= 11 is 0. The van der Waals surface area contributed by atoms with Crippen LogP contribution in [0.3, 0.4) is 0 Å². The van der Waals surface area contributed by atoms with Crippen molar-refractivity contribution in [2.24, 2.45) is 5.92 Å². The number of rotatable bonds is 9. The van der Waals surface area contributed by atoms with Gasteiger partial charge in [0.1, 0.15) is 16.5 Å². The summed E-state index contributed by atoms with van der Waals surface area (Å²) in [7, 11) is -4.16. The first-order chi connectivity index (χ1) is 15.8. The van der Waals surface area contributed by atoms with Gasteiger partial charge in [0, 0.05) is 32.1 Å². The van der Waals surface area contributed by atoms with Gasteiger partial charge in [0.25, 0.3) is 0 Å². The summed E-state index contributed by atoms with van der Waals surface area (Å²) in [6.07, 6.45) is 0.645. The van der Waals surface area contributed by atoms with Crippen molar-refractivity contribution >= 4 is 15.9 Å². The second-order valence-electron chi connectivity index (χ2n) is 8.20. The Morgan fingerprint density at radius 2 is 1.70 bits per heavy atom. The normalized spacial score (nSPS) is 15.7. The molecule has 0 atom stereocenters. The van der Waals surface area contributed by atoms with Gasteiger partial charge in [-0.05, 0) is 55.3 Å². The van der Waals surface area contributed by atoms with Crippen molar-refractivity contribution in [1.82, 2.24) is 14.5 Å². The molecule has 3 rings (SSSR count). The van der Waals surface area contributed by atoms with Gasteiger partial charge >= 0.3 is 0 Å². The zero-order chi connectivity index (χ0) is 24.0. The Hall–Kier alpha value is -2.36. The number of nitrogens with zero attached hydrogens (tertiary/aromatic N) is 2. The van der Waals surface area contributed by atoms with Gasteiger partial charge in [-0.1, -0.05) is 38.1 Å². The second kappa shape index (κ2) is 11.2. The molecule has 33 heavy (non-hydrogen) atoms. The Labute approximate surface area is 194 Å².